The molecule has 0 saturated carbocycles. The highest BCUT2D eigenvalue weighted by Crippen LogP contribution is 2.22. The topological polar surface area (TPSA) is 62.7 Å². The summed E-state index contributed by atoms with van der Waals surface area (Å²) in [6.45, 7) is 1.08. The molecule has 92 valence electrons. The summed E-state index contributed by atoms with van der Waals surface area (Å²) < 4.78 is 0. The van der Waals surface area contributed by atoms with Crippen LogP contribution in [0.25, 0.3) is 0 Å². The first-order chi connectivity index (χ1) is 8.92. The first-order valence-corrected chi connectivity index (χ1v) is 6.16. The van der Waals surface area contributed by atoms with Crippen LogP contribution in [0.5, 0.6) is 0 Å². The molecule has 0 bridgehead atoms. The number of rotatable bonds is 3. The van der Waals surface area contributed by atoms with Crippen molar-refractivity contribution in [3.63, 3.8) is 0 Å². The maximum absolute atomic E-state index is 4.60. The number of aromatic nitrogens is 3. The monoisotopic (exact) mass is 241 g/mol. The fourth-order valence-corrected chi connectivity index (χ4v) is 2.13. The lowest BCUT2D eigenvalue weighted by Crippen LogP contribution is -2.14. The molecule has 2 N–H and O–H groups in total. The zero-order valence-electron chi connectivity index (χ0n) is 10.0. The number of pyridine rings is 1. The number of nitrogens with zero attached hydrogens (tertiary/aromatic N) is 3. The van der Waals surface area contributed by atoms with Gasteiger partial charge in [-0.2, -0.15) is 0 Å². The summed E-state index contributed by atoms with van der Waals surface area (Å²) in [5.74, 6) is 1.36. The van der Waals surface area contributed by atoms with Gasteiger partial charge in [-0.05, 0) is 37.6 Å². The molecule has 0 radical (unpaired) electrons. The van der Waals surface area contributed by atoms with Crippen molar-refractivity contribution < 1.29 is 0 Å². The Morgan fingerprint density at radius 3 is 2.83 bits per heavy atom. The maximum atomic E-state index is 4.60. The van der Waals surface area contributed by atoms with E-state index in [2.05, 4.69) is 31.7 Å². The average molecular weight is 241 g/mol. The molecule has 1 unspecified atom stereocenters. The molecular formula is C13H15N5. The minimum atomic E-state index is 0.378. The molecule has 0 amide bonds. The molecule has 2 aromatic heterocycles. The van der Waals surface area contributed by atoms with Gasteiger partial charge in [0.25, 0.3) is 0 Å². The molecule has 0 spiro atoms. The largest absolute Gasteiger partial charge is 0.309 e. The highest BCUT2D eigenvalue weighted by Gasteiger charge is 2.17. The number of nitrogens with one attached hydrogen (secondary N) is 2. The predicted octanol–water partition coefficient (Wildman–Crippen LogP) is 2.04. The third kappa shape index (κ3) is 2.46. The van der Waals surface area contributed by atoms with Crippen LogP contribution in [0.2, 0.25) is 0 Å². The summed E-state index contributed by atoms with van der Waals surface area (Å²) in [6, 6.07) is 8.16. The first kappa shape index (κ1) is 11.1. The van der Waals surface area contributed by atoms with E-state index >= 15 is 0 Å². The minimum absolute atomic E-state index is 0.378. The number of hydrogen-bond donors (Lipinski definition) is 2. The van der Waals surface area contributed by atoms with Gasteiger partial charge in [-0.25, -0.2) is 15.0 Å². The van der Waals surface area contributed by atoms with E-state index in [0.717, 1.165) is 24.5 Å². The van der Waals surface area contributed by atoms with Crippen molar-refractivity contribution in [1.82, 2.24) is 20.3 Å². The second-order valence-corrected chi connectivity index (χ2v) is 4.29. The lowest BCUT2D eigenvalue weighted by atomic mass is 10.1. The normalized spacial score (nSPS) is 18.8. The van der Waals surface area contributed by atoms with E-state index < -0.39 is 0 Å². The van der Waals surface area contributed by atoms with Gasteiger partial charge in [0.15, 0.2) is 0 Å². The van der Waals surface area contributed by atoms with Gasteiger partial charge in [-0.1, -0.05) is 6.07 Å². The van der Waals surface area contributed by atoms with E-state index in [4.69, 9.17) is 0 Å². The molecular weight excluding hydrogens is 226 g/mol. The van der Waals surface area contributed by atoms with E-state index in [1.54, 1.807) is 18.5 Å². The summed E-state index contributed by atoms with van der Waals surface area (Å²) >= 11 is 0. The molecule has 1 saturated heterocycles. The summed E-state index contributed by atoms with van der Waals surface area (Å²) in [5, 5.41) is 6.55. The number of hydrogen-bond acceptors (Lipinski definition) is 5. The van der Waals surface area contributed by atoms with Gasteiger partial charge in [0, 0.05) is 18.4 Å². The van der Waals surface area contributed by atoms with Crippen molar-refractivity contribution in [2.75, 3.05) is 11.9 Å². The molecule has 1 fully saturated rings. The Morgan fingerprint density at radius 1 is 1.17 bits per heavy atom. The summed E-state index contributed by atoms with van der Waals surface area (Å²) in [7, 11) is 0. The van der Waals surface area contributed by atoms with Gasteiger partial charge in [0.2, 0.25) is 5.95 Å². The average Bonchev–Trinajstić information content (AvgIpc) is 2.94. The number of anilines is 2. The van der Waals surface area contributed by atoms with Gasteiger partial charge < -0.3 is 10.6 Å². The van der Waals surface area contributed by atoms with Crippen LogP contribution in [0.1, 0.15) is 24.6 Å². The smallest absolute Gasteiger partial charge is 0.228 e. The van der Waals surface area contributed by atoms with Crippen molar-refractivity contribution in [1.29, 1.82) is 0 Å². The Kier molecular flexibility index (Phi) is 3.14. The van der Waals surface area contributed by atoms with Crippen LogP contribution in [-0.2, 0) is 0 Å². The second-order valence-electron chi connectivity index (χ2n) is 4.29. The molecule has 1 atom stereocenters. The Bertz CT molecular complexity index is 508. The highest BCUT2D eigenvalue weighted by molar-refractivity contribution is 5.47. The van der Waals surface area contributed by atoms with Crippen LogP contribution in [0.15, 0.2) is 36.7 Å². The fourth-order valence-electron chi connectivity index (χ4n) is 2.13. The molecule has 3 heterocycles. The lowest BCUT2D eigenvalue weighted by molar-refractivity contribution is 0.629. The van der Waals surface area contributed by atoms with E-state index in [1.165, 1.54) is 6.42 Å². The molecule has 0 aromatic carbocycles. The molecule has 2 aromatic rings. The molecule has 3 rings (SSSR count). The standard InChI is InChI=1S/C13H15N5/c1-4-11(10-5-2-7-14-10)17-12(6-1)18-13-15-8-3-9-16-13/h1,3-4,6,8-10,14H,2,5,7H2,(H,15,16,17,18). The highest BCUT2D eigenvalue weighted by atomic mass is 15.1. The van der Waals surface area contributed by atoms with Crippen LogP contribution >= 0.6 is 0 Å². The van der Waals surface area contributed by atoms with Crippen molar-refractivity contribution >= 4 is 11.8 Å². The molecule has 1 aliphatic rings. The third-order valence-corrected chi connectivity index (χ3v) is 2.99. The molecule has 5 heteroatoms. The van der Waals surface area contributed by atoms with Crippen LogP contribution in [0, 0.1) is 0 Å². The first-order valence-electron chi connectivity index (χ1n) is 6.16. The summed E-state index contributed by atoms with van der Waals surface area (Å²) in [5.41, 5.74) is 1.08. The maximum Gasteiger partial charge on any atom is 0.228 e. The van der Waals surface area contributed by atoms with E-state index in [1.807, 2.05) is 12.1 Å². The lowest BCUT2D eigenvalue weighted by Gasteiger charge is -2.11. The van der Waals surface area contributed by atoms with Crippen molar-refractivity contribution in [2.45, 2.75) is 18.9 Å². The predicted molar refractivity (Wildman–Crippen MR) is 69.5 cm³/mol. The van der Waals surface area contributed by atoms with Crippen LogP contribution < -0.4 is 10.6 Å². The van der Waals surface area contributed by atoms with E-state index in [-0.39, 0.29) is 0 Å². The van der Waals surface area contributed by atoms with Crippen LogP contribution in [0.4, 0.5) is 11.8 Å². The SMILES string of the molecule is c1cnc(Nc2cccc(C3CCCN3)n2)nc1. The van der Waals surface area contributed by atoms with E-state index in [9.17, 15) is 0 Å². The van der Waals surface area contributed by atoms with Crippen molar-refractivity contribution in [3.05, 3.63) is 42.4 Å². The molecule has 1 aliphatic heterocycles. The molecule has 18 heavy (non-hydrogen) atoms. The Labute approximate surface area is 106 Å². The van der Waals surface area contributed by atoms with Gasteiger partial charge in [0.1, 0.15) is 5.82 Å². The van der Waals surface area contributed by atoms with Gasteiger partial charge in [-0.15, -0.1) is 0 Å². The Morgan fingerprint density at radius 2 is 2.06 bits per heavy atom. The Balaban J connectivity index is 1.78. The van der Waals surface area contributed by atoms with Gasteiger partial charge in [0.05, 0.1) is 5.69 Å². The fraction of sp³-hybridized carbons (Fsp3) is 0.308. The van der Waals surface area contributed by atoms with Gasteiger partial charge >= 0.3 is 0 Å². The zero-order chi connectivity index (χ0) is 12.2. The van der Waals surface area contributed by atoms with Crippen molar-refractivity contribution in [3.8, 4) is 0 Å². The molecule has 5 nitrogen and oxygen atoms in total. The van der Waals surface area contributed by atoms with Crippen LogP contribution in [-0.4, -0.2) is 21.5 Å². The molecule has 0 aliphatic carbocycles. The quantitative estimate of drug-likeness (QED) is 0.861. The summed E-state index contributed by atoms with van der Waals surface area (Å²) in [4.78, 5) is 12.8. The van der Waals surface area contributed by atoms with Crippen molar-refractivity contribution in [2.24, 2.45) is 0 Å². The van der Waals surface area contributed by atoms with Crippen LogP contribution in [0.3, 0.4) is 0 Å². The zero-order valence-corrected chi connectivity index (χ0v) is 10.0. The second kappa shape index (κ2) is 5.10. The van der Waals surface area contributed by atoms with E-state index in [0.29, 0.717) is 12.0 Å². The van der Waals surface area contributed by atoms with Gasteiger partial charge in [-0.3, -0.25) is 0 Å². The minimum Gasteiger partial charge on any atom is -0.309 e. The third-order valence-electron chi connectivity index (χ3n) is 2.99. The Hall–Kier alpha value is -2.01. The summed E-state index contributed by atoms with van der Waals surface area (Å²) in [6.07, 6.45) is 5.78.